The number of rotatable bonds is 63. The Bertz CT molecular complexity index is 1480. The highest BCUT2D eigenvalue weighted by Crippen LogP contribution is 2.33. The molecular weight excluding hydrogens is 1040 g/mol. The molecule has 1 fully saturated rings. The van der Waals surface area contributed by atoms with Crippen LogP contribution in [0.5, 0.6) is 0 Å². The van der Waals surface area contributed by atoms with Crippen molar-refractivity contribution in [2.24, 2.45) is 5.41 Å². The van der Waals surface area contributed by atoms with Crippen molar-refractivity contribution in [3.8, 4) is 0 Å². The molecule has 0 spiro atoms. The lowest BCUT2D eigenvalue weighted by Gasteiger charge is -2.28. The van der Waals surface area contributed by atoms with Crippen LogP contribution in [0.1, 0.15) is 155 Å². The Morgan fingerprint density at radius 3 is 1.01 bits per heavy atom. The molecule has 1 saturated heterocycles. The minimum Gasteiger partial charge on any atom is -0.481 e. The second kappa shape index (κ2) is 55.1. The lowest BCUT2D eigenvalue weighted by molar-refractivity contribution is -0.198. The summed E-state index contributed by atoms with van der Waals surface area (Å²) in [5.74, 6) is -3.99. The van der Waals surface area contributed by atoms with E-state index in [0.717, 1.165) is 57.8 Å². The first-order valence-corrected chi connectivity index (χ1v) is 29.4. The molecule has 0 unspecified atom stereocenters. The summed E-state index contributed by atoms with van der Waals surface area (Å²) in [6, 6.07) is 0. The highest BCUT2D eigenvalue weighted by atomic mass is 16.7. The fraction of sp³-hybridized carbons (Fsp3) is 0.893. The first kappa shape index (κ1) is 73.6. The molecule has 3 amide bonds. The molecule has 0 aliphatic carbocycles. The van der Waals surface area contributed by atoms with E-state index in [0.29, 0.717) is 176 Å². The number of carbonyl (C=O) groups excluding carboxylic acids is 4. The number of unbranched alkanes of at least 4 members (excludes halogenated alkanes) is 15. The summed E-state index contributed by atoms with van der Waals surface area (Å²) >= 11 is 0. The summed E-state index contributed by atoms with van der Waals surface area (Å²) in [6.45, 7) is 11.8. The van der Waals surface area contributed by atoms with Crippen molar-refractivity contribution < 1.29 is 101 Å². The van der Waals surface area contributed by atoms with Crippen LogP contribution in [0.15, 0.2) is 0 Å². The second-order valence-electron chi connectivity index (χ2n) is 19.1. The average Bonchev–Trinajstić information content (AvgIpc) is 3.74. The zero-order valence-electron chi connectivity index (χ0n) is 48.0. The van der Waals surface area contributed by atoms with E-state index >= 15 is 0 Å². The molecular formula is C56H102N2O21. The maximum Gasteiger partial charge on any atom is 0.335 e. The van der Waals surface area contributed by atoms with Gasteiger partial charge < -0.3 is 77.2 Å². The SMILES string of the molecule is CCCCCCCCCCC[C@](CCCCCCCCCCC(=O)O)(C(=O)O)C(=O)NCCOCCOCCOCCOCCOCCOCCOCCOCCOCCOCCOCCOCCC(=O)ON1C(=O)CCC1=O. The molecule has 23 nitrogen and oxygen atoms in total. The summed E-state index contributed by atoms with van der Waals surface area (Å²) in [7, 11) is 0. The van der Waals surface area contributed by atoms with Gasteiger partial charge in [-0.2, -0.15) is 0 Å². The number of ether oxygens (including phenoxy) is 12. The maximum absolute atomic E-state index is 13.5. The van der Waals surface area contributed by atoms with Crippen molar-refractivity contribution in [3.63, 3.8) is 0 Å². The molecule has 0 bridgehead atoms. The van der Waals surface area contributed by atoms with E-state index in [4.69, 9.17) is 66.8 Å². The van der Waals surface area contributed by atoms with Gasteiger partial charge in [-0.3, -0.25) is 24.0 Å². The van der Waals surface area contributed by atoms with Crippen LogP contribution in [0.2, 0.25) is 0 Å². The highest BCUT2D eigenvalue weighted by molar-refractivity contribution is 6.02. The Balaban J connectivity index is 1.90. The predicted octanol–water partition coefficient (Wildman–Crippen LogP) is 6.28. The number of nitrogens with one attached hydrogen (secondary N) is 1. The molecule has 1 heterocycles. The van der Waals surface area contributed by atoms with Gasteiger partial charge in [-0.05, 0) is 19.3 Å². The molecule has 0 aromatic heterocycles. The zero-order chi connectivity index (χ0) is 57.4. The minimum atomic E-state index is -1.45. The van der Waals surface area contributed by atoms with Gasteiger partial charge in [0.2, 0.25) is 5.91 Å². The number of carboxylic acid groups (broad SMARTS) is 2. The first-order chi connectivity index (χ1) is 38.6. The van der Waals surface area contributed by atoms with E-state index in [1.54, 1.807) is 0 Å². The quantitative estimate of drug-likeness (QED) is 0.0343. The largest absolute Gasteiger partial charge is 0.481 e. The summed E-state index contributed by atoms with van der Waals surface area (Å²) in [5.41, 5.74) is -1.45. The topological polar surface area (TPSA) is 278 Å². The number of hydrogen-bond donors (Lipinski definition) is 3. The molecule has 0 radical (unpaired) electrons. The van der Waals surface area contributed by atoms with Gasteiger partial charge in [0.1, 0.15) is 5.41 Å². The number of imide groups is 1. The van der Waals surface area contributed by atoms with Crippen LogP contribution < -0.4 is 5.32 Å². The monoisotopic (exact) mass is 1140 g/mol. The Labute approximate surface area is 470 Å². The van der Waals surface area contributed by atoms with Crippen LogP contribution in [0.4, 0.5) is 0 Å². The fourth-order valence-electron chi connectivity index (χ4n) is 8.05. The van der Waals surface area contributed by atoms with Gasteiger partial charge in [0.05, 0.1) is 165 Å². The molecule has 462 valence electrons. The van der Waals surface area contributed by atoms with Crippen molar-refractivity contribution >= 4 is 35.6 Å². The van der Waals surface area contributed by atoms with Crippen molar-refractivity contribution in [3.05, 3.63) is 0 Å². The average molecular weight is 1140 g/mol. The van der Waals surface area contributed by atoms with Crippen LogP contribution >= 0.6 is 0 Å². The standard InChI is InChI=1S/C56H102N2O21/c1-2-3-4-5-6-8-11-14-17-23-56(55(65)66,24-18-15-12-9-7-10-13-16-19-52(61)62)54(64)57-25-27-68-29-31-70-33-35-72-37-39-74-41-43-76-45-47-78-49-48-77-46-44-75-42-40-73-38-36-71-34-32-69-30-28-67-26-22-53(63)79-58-50(59)20-21-51(58)60/h2-49H2,1H3,(H,57,64)(H,61,62)(H,65,66)/t56-/m1/s1. The van der Waals surface area contributed by atoms with Crippen molar-refractivity contribution in [2.45, 2.75) is 155 Å². The Kier molecular flexibility index (Phi) is 51.3. The molecule has 23 heteroatoms. The van der Waals surface area contributed by atoms with Crippen molar-refractivity contribution in [1.82, 2.24) is 10.4 Å². The first-order valence-electron chi connectivity index (χ1n) is 29.4. The van der Waals surface area contributed by atoms with Crippen LogP contribution in [-0.4, -0.2) is 216 Å². The smallest absolute Gasteiger partial charge is 0.335 e. The zero-order valence-corrected chi connectivity index (χ0v) is 48.0. The Hall–Kier alpha value is -3.46. The van der Waals surface area contributed by atoms with Gasteiger partial charge in [0, 0.05) is 25.8 Å². The molecule has 0 aromatic carbocycles. The van der Waals surface area contributed by atoms with Crippen LogP contribution in [0.3, 0.4) is 0 Å². The lowest BCUT2D eigenvalue weighted by Crippen LogP contribution is -2.47. The number of nitrogens with zero attached hydrogens (tertiary/aromatic N) is 1. The van der Waals surface area contributed by atoms with Crippen molar-refractivity contribution in [1.29, 1.82) is 0 Å². The van der Waals surface area contributed by atoms with E-state index in [-0.39, 0.29) is 52.0 Å². The summed E-state index contributed by atoms with van der Waals surface area (Å²) < 4.78 is 66.0. The van der Waals surface area contributed by atoms with E-state index < -0.39 is 41.0 Å². The summed E-state index contributed by atoms with van der Waals surface area (Å²) in [4.78, 5) is 76.4. The van der Waals surface area contributed by atoms with Gasteiger partial charge in [0.25, 0.3) is 11.8 Å². The number of amides is 3. The number of carboxylic acids is 2. The third-order valence-corrected chi connectivity index (χ3v) is 12.6. The third-order valence-electron chi connectivity index (χ3n) is 12.6. The fourth-order valence-corrected chi connectivity index (χ4v) is 8.05. The van der Waals surface area contributed by atoms with Crippen LogP contribution in [0.25, 0.3) is 0 Å². The van der Waals surface area contributed by atoms with Crippen LogP contribution in [-0.2, 0) is 90.4 Å². The van der Waals surface area contributed by atoms with Gasteiger partial charge >= 0.3 is 17.9 Å². The van der Waals surface area contributed by atoms with E-state index in [2.05, 4.69) is 12.2 Å². The summed E-state index contributed by atoms with van der Waals surface area (Å²) in [5, 5.41) is 22.6. The van der Waals surface area contributed by atoms with Gasteiger partial charge in [-0.1, -0.05) is 110 Å². The van der Waals surface area contributed by atoms with Gasteiger partial charge in [-0.15, -0.1) is 5.06 Å². The van der Waals surface area contributed by atoms with E-state index in [9.17, 15) is 33.9 Å². The van der Waals surface area contributed by atoms with E-state index in [1.165, 1.54) is 32.1 Å². The Morgan fingerprint density at radius 2 is 0.696 bits per heavy atom. The molecule has 1 rings (SSSR count). The van der Waals surface area contributed by atoms with Gasteiger partial charge in [-0.25, -0.2) is 4.79 Å². The number of hydroxylamine groups is 2. The summed E-state index contributed by atoms with van der Waals surface area (Å²) in [6.07, 6.45) is 18.0. The minimum absolute atomic E-state index is 0.0491. The second-order valence-corrected chi connectivity index (χ2v) is 19.1. The van der Waals surface area contributed by atoms with Crippen LogP contribution in [0, 0.1) is 5.41 Å². The molecule has 3 N–H and O–H groups in total. The molecule has 1 aliphatic rings. The van der Waals surface area contributed by atoms with E-state index in [1.807, 2.05) is 0 Å². The molecule has 1 aliphatic heterocycles. The molecule has 1 atom stereocenters. The molecule has 0 saturated carbocycles. The highest BCUT2D eigenvalue weighted by Gasteiger charge is 2.44. The molecule has 79 heavy (non-hydrogen) atoms. The maximum atomic E-state index is 13.5. The third kappa shape index (κ3) is 44.8. The Morgan fingerprint density at radius 1 is 0.405 bits per heavy atom. The number of aliphatic carboxylic acids is 2. The molecule has 0 aromatic rings. The van der Waals surface area contributed by atoms with Crippen molar-refractivity contribution in [2.75, 3.05) is 165 Å². The predicted molar refractivity (Wildman–Crippen MR) is 290 cm³/mol. The lowest BCUT2D eigenvalue weighted by atomic mass is 9.76. The number of hydrogen-bond acceptors (Lipinski definition) is 19. The van der Waals surface area contributed by atoms with Gasteiger partial charge in [0.15, 0.2) is 0 Å². The number of carbonyl (C=O) groups is 6. The normalized spacial score (nSPS) is 13.4.